The van der Waals surface area contributed by atoms with Crippen LogP contribution in [0.4, 0.5) is 5.82 Å². The number of nitrogens with zero attached hydrogens (tertiary/aromatic N) is 4. The normalized spacial score (nSPS) is 16.6. The molecule has 1 aliphatic carbocycles. The Hall–Kier alpha value is -1.95. The molecule has 1 fully saturated rings. The maximum absolute atomic E-state index is 6.22. The molecule has 0 atom stereocenters. The minimum Gasteiger partial charge on any atom is -0.354 e. The van der Waals surface area contributed by atoms with Crippen molar-refractivity contribution in [3.8, 4) is 11.5 Å². The fourth-order valence-corrected chi connectivity index (χ4v) is 2.80. The summed E-state index contributed by atoms with van der Waals surface area (Å²) in [5.74, 6) is 2.05. The summed E-state index contributed by atoms with van der Waals surface area (Å²) in [7, 11) is 0. The van der Waals surface area contributed by atoms with Crippen molar-refractivity contribution in [2.45, 2.75) is 51.6 Å². The fourth-order valence-electron chi connectivity index (χ4n) is 2.80. The van der Waals surface area contributed by atoms with Gasteiger partial charge in [0, 0.05) is 18.8 Å². The largest absolute Gasteiger partial charge is 0.354 e. The summed E-state index contributed by atoms with van der Waals surface area (Å²) in [6.07, 6.45) is 4.74. The van der Waals surface area contributed by atoms with Gasteiger partial charge in [0.2, 0.25) is 0 Å². The van der Waals surface area contributed by atoms with Gasteiger partial charge < -0.3 is 15.2 Å². The van der Waals surface area contributed by atoms with Crippen LogP contribution in [0.5, 0.6) is 0 Å². The van der Waals surface area contributed by atoms with Crippen molar-refractivity contribution in [1.82, 2.24) is 15.1 Å². The molecule has 22 heavy (non-hydrogen) atoms. The smallest absolute Gasteiger partial charge is 0.259 e. The van der Waals surface area contributed by atoms with E-state index in [4.69, 9.17) is 10.3 Å². The van der Waals surface area contributed by atoms with Gasteiger partial charge in [0.25, 0.3) is 5.89 Å². The minimum absolute atomic E-state index is 0.397. The predicted molar refractivity (Wildman–Crippen MR) is 85.4 cm³/mol. The van der Waals surface area contributed by atoms with Crippen LogP contribution in [0.25, 0.3) is 11.5 Å². The first-order valence-corrected chi connectivity index (χ1v) is 7.89. The molecule has 0 unspecified atom stereocenters. The van der Waals surface area contributed by atoms with Crippen LogP contribution in [-0.4, -0.2) is 27.7 Å². The van der Waals surface area contributed by atoms with Gasteiger partial charge in [-0.25, -0.2) is 4.98 Å². The van der Waals surface area contributed by atoms with E-state index < -0.39 is 5.54 Å². The Morgan fingerprint density at radius 2 is 2.14 bits per heavy atom. The van der Waals surface area contributed by atoms with Crippen molar-refractivity contribution in [2.24, 2.45) is 5.73 Å². The lowest BCUT2D eigenvalue weighted by molar-refractivity contribution is 0.229. The highest BCUT2D eigenvalue weighted by Crippen LogP contribution is 2.37. The van der Waals surface area contributed by atoms with E-state index in [1.54, 1.807) is 6.20 Å². The van der Waals surface area contributed by atoms with Crippen molar-refractivity contribution >= 4 is 5.82 Å². The van der Waals surface area contributed by atoms with E-state index in [-0.39, 0.29) is 0 Å². The van der Waals surface area contributed by atoms with Gasteiger partial charge >= 0.3 is 0 Å². The van der Waals surface area contributed by atoms with Gasteiger partial charge in [0.05, 0.1) is 11.1 Å². The molecule has 0 saturated heterocycles. The van der Waals surface area contributed by atoms with Gasteiger partial charge in [-0.2, -0.15) is 4.98 Å². The SMILES string of the molecule is CCN(c1ccc(-c2nc(C3(N)CCC3)no2)cn1)C(C)C. The summed E-state index contributed by atoms with van der Waals surface area (Å²) in [4.78, 5) is 11.2. The van der Waals surface area contributed by atoms with Gasteiger partial charge in [-0.1, -0.05) is 5.16 Å². The summed E-state index contributed by atoms with van der Waals surface area (Å²) in [6.45, 7) is 7.36. The van der Waals surface area contributed by atoms with E-state index in [1.807, 2.05) is 12.1 Å². The second kappa shape index (κ2) is 5.68. The van der Waals surface area contributed by atoms with Crippen molar-refractivity contribution in [1.29, 1.82) is 0 Å². The number of hydrogen-bond acceptors (Lipinski definition) is 6. The zero-order valence-corrected chi connectivity index (χ0v) is 13.4. The van der Waals surface area contributed by atoms with E-state index in [9.17, 15) is 0 Å². The van der Waals surface area contributed by atoms with Gasteiger partial charge in [-0.15, -0.1) is 0 Å². The van der Waals surface area contributed by atoms with E-state index in [0.29, 0.717) is 17.8 Å². The van der Waals surface area contributed by atoms with Crippen molar-refractivity contribution in [3.63, 3.8) is 0 Å². The summed E-state index contributed by atoms with van der Waals surface area (Å²) in [5.41, 5.74) is 6.65. The van der Waals surface area contributed by atoms with Gasteiger partial charge in [0.15, 0.2) is 5.82 Å². The molecule has 0 radical (unpaired) electrons. The number of rotatable bonds is 5. The van der Waals surface area contributed by atoms with E-state index in [0.717, 1.165) is 37.2 Å². The first-order chi connectivity index (χ1) is 10.5. The maximum Gasteiger partial charge on any atom is 0.259 e. The summed E-state index contributed by atoms with van der Waals surface area (Å²) < 4.78 is 5.35. The van der Waals surface area contributed by atoms with Crippen LogP contribution in [0.1, 0.15) is 45.9 Å². The predicted octanol–water partition coefficient (Wildman–Crippen LogP) is 2.70. The second-order valence-corrected chi connectivity index (χ2v) is 6.22. The molecular formula is C16H23N5O. The molecule has 2 heterocycles. The molecule has 2 aromatic rings. The monoisotopic (exact) mass is 301 g/mol. The van der Waals surface area contributed by atoms with Crippen LogP contribution in [0.2, 0.25) is 0 Å². The lowest BCUT2D eigenvalue weighted by Gasteiger charge is -2.34. The number of nitrogens with two attached hydrogens (primary N) is 1. The summed E-state index contributed by atoms with van der Waals surface area (Å²) >= 11 is 0. The third-order valence-corrected chi connectivity index (χ3v) is 4.37. The molecule has 0 amide bonds. The minimum atomic E-state index is -0.397. The number of hydrogen-bond donors (Lipinski definition) is 1. The first-order valence-electron chi connectivity index (χ1n) is 7.89. The van der Waals surface area contributed by atoms with Crippen LogP contribution in [0.3, 0.4) is 0 Å². The molecule has 3 rings (SSSR count). The van der Waals surface area contributed by atoms with Crippen LogP contribution in [-0.2, 0) is 5.54 Å². The van der Waals surface area contributed by atoms with E-state index >= 15 is 0 Å². The Bertz CT molecular complexity index is 630. The zero-order valence-electron chi connectivity index (χ0n) is 13.4. The molecule has 1 saturated carbocycles. The third-order valence-electron chi connectivity index (χ3n) is 4.37. The molecule has 118 valence electrons. The van der Waals surface area contributed by atoms with Crippen molar-refractivity contribution in [3.05, 3.63) is 24.2 Å². The molecule has 2 aromatic heterocycles. The molecular weight excluding hydrogens is 278 g/mol. The Balaban J connectivity index is 1.81. The topological polar surface area (TPSA) is 81.1 Å². The van der Waals surface area contributed by atoms with Gasteiger partial charge in [0.1, 0.15) is 5.82 Å². The Labute approximate surface area is 130 Å². The molecule has 0 spiro atoms. The number of anilines is 1. The quantitative estimate of drug-likeness (QED) is 0.914. The molecule has 0 aliphatic heterocycles. The highest BCUT2D eigenvalue weighted by molar-refractivity contribution is 5.55. The third kappa shape index (κ3) is 2.59. The number of aromatic nitrogens is 3. The standard InChI is InChI=1S/C16H23N5O/c1-4-21(11(2)3)13-7-6-12(10-18-13)14-19-15(20-22-14)16(17)8-5-9-16/h6-7,10-11H,4-5,8-9,17H2,1-3H3. The molecule has 0 aromatic carbocycles. The number of pyridine rings is 1. The highest BCUT2D eigenvalue weighted by atomic mass is 16.5. The molecule has 6 heteroatoms. The lowest BCUT2D eigenvalue weighted by Crippen LogP contribution is -2.44. The second-order valence-electron chi connectivity index (χ2n) is 6.22. The van der Waals surface area contributed by atoms with E-state index in [2.05, 4.69) is 40.8 Å². The molecule has 2 N–H and O–H groups in total. The van der Waals surface area contributed by atoms with Crippen molar-refractivity contribution < 1.29 is 4.52 Å². The Kier molecular flexibility index (Phi) is 3.87. The Morgan fingerprint density at radius 3 is 2.64 bits per heavy atom. The van der Waals surface area contributed by atoms with Gasteiger partial charge in [-0.05, 0) is 52.2 Å². The first kappa shape index (κ1) is 15.0. The van der Waals surface area contributed by atoms with Gasteiger partial charge in [-0.3, -0.25) is 0 Å². The fraction of sp³-hybridized carbons (Fsp3) is 0.562. The summed E-state index contributed by atoms with van der Waals surface area (Å²) in [5, 5.41) is 4.04. The van der Waals surface area contributed by atoms with Crippen LogP contribution >= 0.6 is 0 Å². The molecule has 6 nitrogen and oxygen atoms in total. The zero-order chi connectivity index (χ0) is 15.7. The average molecular weight is 301 g/mol. The van der Waals surface area contributed by atoms with Crippen LogP contribution in [0.15, 0.2) is 22.9 Å². The maximum atomic E-state index is 6.22. The van der Waals surface area contributed by atoms with Crippen molar-refractivity contribution in [2.75, 3.05) is 11.4 Å². The van der Waals surface area contributed by atoms with Crippen LogP contribution in [0, 0.1) is 0 Å². The average Bonchev–Trinajstić information content (AvgIpc) is 2.96. The highest BCUT2D eigenvalue weighted by Gasteiger charge is 2.39. The summed E-state index contributed by atoms with van der Waals surface area (Å²) in [6, 6.07) is 4.37. The molecule has 1 aliphatic rings. The Morgan fingerprint density at radius 1 is 1.36 bits per heavy atom. The van der Waals surface area contributed by atoms with E-state index in [1.165, 1.54) is 0 Å². The molecule has 0 bridgehead atoms. The lowest BCUT2D eigenvalue weighted by atomic mass is 9.77. The van der Waals surface area contributed by atoms with Crippen LogP contribution < -0.4 is 10.6 Å².